The summed E-state index contributed by atoms with van der Waals surface area (Å²) in [5.74, 6) is 2.32. The van der Waals surface area contributed by atoms with Crippen molar-refractivity contribution in [2.75, 3.05) is 0 Å². The minimum absolute atomic E-state index is 0.739. The van der Waals surface area contributed by atoms with Gasteiger partial charge in [0.05, 0.1) is 0 Å². The summed E-state index contributed by atoms with van der Waals surface area (Å²) in [6, 6.07) is 24.2. The molecule has 3 rings (SSSR count). The van der Waals surface area contributed by atoms with Crippen LogP contribution in [0.2, 0.25) is 0 Å². The molecule has 0 atom stereocenters. The van der Waals surface area contributed by atoms with Crippen molar-refractivity contribution in [3.05, 3.63) is 89.5 Å². The molecule has 176 valence electrons. The lowest BCUT2D eigenvalue weighted by Gasteiger charge is -2.19. The molecule has 0 fully saturated rings. The van der Waals surface area contributed by atoms with Crippen molar-refractivity contribution in [3.8, 4) is 17.2 Å². The van der Waals surface area contributed by atoms with Crippen LogP contribution in [0.3, 0.4) is 0 Å². The van der Waals surface area contributed by atoms with Gasteiger partial charge < -0.3 is 13.6 Å². The van der Waals surface area contributed by atoms with Crippen LogP contribution in [0.15, 0.2) is 72.8 Å². The van der Waals surface area contributed by atoms with Gasteiger partial charge in [0.2, 0.25) is 0 Å². The average molecular weight is 465 g/mol. The van der Waals surface area contributed by atoms with Crippen molar-refractivity contribution in [2.45, 2.75) is 72.1 Å². The van der Waals surface area contributed by atoms with Gasteiger partial charge in [0.15, 0.2) is 0 Å². The summed E-state index contributed by atoms with van der Waals surface area (Å²) < 4.78 is 18.7. The normalized spacial score (nSPS) is 10.9. The Labute approximate surface area is 201 Å². The largest absolute Gasteiger partial charge is 0.530 e. The fraction of sp³-hybridized carbons (Fsp3) is 0.379. The van der Waals surface area contributed by atoms with Gasteiger partial charge in [-0.3, -0.25) is 0 Å². The van der Waals surface area contributed by atoms with Crippen LogP contribution in [0.5, 0.6) is 17.2 Å². The fourth-order valence-electron chi connectivity index (χ4n) is 3.58. The molecule has 0 unspecified atom stereocenters. The van der Waals surface area contributed by atoms with E-state index in [1.807, 2.05) is 60.7 Å². The predicted molar refractivity (Wildman–Crippen MR) is 139 cm³/mol. The van der Waals surface area contributed by atoms with E-state index in [1.54, 1.807) is 0 Å². The molecule has 0 amide bonds. The van der Waals surface area contributed by atoms with Crippen molar-refractivity contribution in [1.82, 2.24) is 0 Å². The van der Waals surface area contributed by atoms with E-state index in [4.69, 9.17) is 13.6 Å². The first kappa shape index (κ1) is 25.1. The molecule has 0 radical (unpaired) electrons. The molecular weight excluding hydrogens is 427 g/mol. The van der Waals surface area contributed by atoms with Crippen LogP contribution < -0.4 is 13.6 Å². The molecule has 0 N–H and O–H groups in total. The zero-order valence-electron chi connectivity index (χ0n) is 20.3. The van der Waals surface area contributed by atoms with Crippen LogP contribution in [0.1, 0.15) is 68.6 Å². The van der Waals surface area contributed by atoms with Gasteiger partial charge >= 0.3 is 8.60 Å². The Kier molecular flexibility index (Phi) is 10.6. The Hall–Kier alpha value is -2.51. The maximum absolute atomic E-state index is 6.34. The van der Waals surface area contributed by atoms with Gasteiger partial charge in [0.1, 0.15) is 17.2 Å². The van der Waals surface area contributed by atoms with Crippen molar-refractivity contribution in [2.24, 2.45) is 0 Å². The van der Waals surface area contributed by atoms with Gasteiger partial charge in [0, 0.05) is 0 Å². The van der Waals surface area contributed by atoms with E-state index in [0.29, 0.717) is 0 Å². The molecule has 3 aromatic carbocycles. The molecule has 3 aromatic rings. The maximum Gasteiger partial charge on any atom is 0.530 e. The summed E-state index contributed by atoms with van der Waals surface area (Å²) >= 11 is 0. The molecule has 33 heavy (non-hydrogen) atoms. The lowest BCUT2D eigenvalue weighted by Crippen LogP contribution is -2.04. The molecule has 0 heterocycles. The third-order valence-corrected chi connectivity index (χ3v) is 6.66. The second-order valence-corrected chi connectivity index (χ2v) is 9.60. The Bertz CT molecular complexity index is 890. The molecule has 0 aliphatic carbocycles. The second-order valence-electron chi connectivity index (χ2n) is 8.60. The Morgan fingerprint density at radius 2 is 1.09 bits per heavy atom. The highest BCUT2D eigenvalue weighted by Crippen LogP contribution is 2.43. The summed E-state index contributed by atoms with van der Waals surface area (Å²) in [6.45, 7) is 6.38. The lowest BCUT2D eigenvalue weighted by molar-refractivity contribution is 0.386. The maximum atomic E-state index is 6.34. The monoisotopic (exact) mass is 464 g/mol. The smallest absolute Gasteiger partial charge is 0.409 e. The predicted octanol–water partition coefficient (Wildman–Crippen LogP) is 9.36. The zero-order chi connectivity index (χ0) is 23.3. The molecule has 0 saturated carbocycles. The topological polar surface area (TPSA) is 27.7 Å². The van der Waals surface area contributed by atoms with Gasteiger partial charge in [-0.05, 0) is 62.6 Å². The van der Waals surface area contributed by atoms with Crippen LogP contribution in [0.25, 0.3) is 0 Å². The summed E-state index contributed by atoms with van der Waals surface area (Å²) in [6.07, 6.45) is 10.1. The van der Waals surface area contributed by atoms with Gasteiger partial charge in [-0.1, -0.05) is 99.0 Å². The fourth-order valence-corrected chi connectivity index (χ4v) is 4.62. The van der Waals surface area contributed by atoms with Gasteiger partial charge in [-0.25, -0.2) is 0 Å². The number of para-hydroxylation sites is 1. The first-order chi connectivity index (χ1) is 16.1. The quantitative estimate of drug-likeness (QED) is 0.176. The second kappa shape index (κ2) is 13.9. The first-order valence-corrected chi connectivity index (χ1v) is 13.3. The Morgan fingerprint density at radius 1 is 0.576 bits per heavy atom. The number of aryl methyl sites for hydroxylation is 3. The van der Waals surface area contributed by atoms with Gasteiger partial charge in [0.25, 0.3) is 0 Å². The molecule has 0 aliphatic heterocycles. The molecule has 0 spiro atoms. The van der Waals surface area contributed by atoms with Gasteiger partial charge in [-0.2, -0.15) is 0 Å². The van der Waals surface area contributed by atoms with Crippen molar-refractivity contribution < 1.29 is 13.6 Å². The summed E-state index contributed by atoms with van der Waals surface area (Å²) in [5, 5.41) is 0. The zero-order valence-corrected chi connectivity index (χ0v) is 21.2. The number of benzene rings is 3. The highest BCUT2D eigenvalue weighted by atomic mass is 31.2. The van der Waals surface area contributed by atoms with Crippen LogP contribution in [-0.2, 0) is 6.42 Å². The Balaban J connectivity index is 1.65. The lowest BCUT2D eigenvalue weighted by atomic mass is 10.0. The van der Waals surface area contributed by atoms with E-state index in [1.165, 1.54) is 61.6 Å². The SMILES string of the molecule is CCCCCCCCCc1ccccc1OP(Oc1ccc(C)cc1)Oc1ccc(C)cc1. The van der Waals surface area contributed by atoms with Crippen LogP contribution in [-0.4, -0.2) is 0 Å². The summed E-state index contributed by atoms with van der Waals surface area (Å²) in [5.41, 5.74) is 3.58. The molecule has 0 aromatic heterocycles. The molecule has 0 saturated heterocycles. The first-order valence-electron chi connectivity index (χ1n) is 12.2. The minimum Gasteiger partial charge on any atom is -0.409 e. The summed E-state index contributed by atoms with van der Waals surface area (Å²) in [7, 11) is -1.65. The number of hydrogen-bond acceptors (Lipinski definition) is 3. The van der Waals surface area contributed by atoms with E-state index >= 15 is 0 Å². The third kappa shape index (κ3) is 9.10. The van der Waals surface area contributed by atoms with Gasteiger partial charge in [-0.15, -0.1) is 0 Å². The molecule has 3 nitrogen and oxygen atoms in total. The molecule has 0 aliphatic rings. The molecular formula is C29H37O3P. The van der Waals surface area contributed by atoms with Crippen molar-refractivity contribution >= 4 is 8.60 Å². The third-order valence-electron chi connectivity index (χ3n) is 5.60. The highest BCUT2D eigenvalue weighted by molar-refractivity contribution is 7.43. The van der Waals surface area contributed by atoms with E-state index in [2.05, 4.69) is 32.9 Å². The highest BCUT2D eigenvalue weighted by Gasteiger charge is 2.21. The summed E-state index contributed by atoms with van der Waals surface area (Å²) in [4.78, 5) is 0. The van der Waals surface area contributed by atoms with Crippen molar-refractivity contribution in [1.29, 1.82) is 0 Å². The molecule has 4 heteroatoms. The van der Waals surface area contributed by atoms with Crippen molar-refractivity contribution in [3.63, 3.8) is 0 Å². The number of hydrogen-bond donors (Lipinski definition) is 0. The minimum atomic E-state index is -1.65. The van der Waals surface area contributed by atoms with E-state index in [-0.39, 0.29) is 0 Å². The standard InChI is InChI=1S/C29H37O3P/c1-4-5-6-7-8-9-10-13-26-14-11-12-15-29(26)32-33(30-27-20-16-24(2)17-21-27)31-28-22-18-25(3)19-23-28/h11-12,14-23H,4-10,13H2,1-3H3. The number of unbranched alkanes of at least 4 members (excludes halogenated alkanes) is 6. The Morgan fingerprint density at radius 3 is 1.67 bits per heavy atom. The number of rotatable bonds is 14. The van der Waals surface area contributed by atoms with Crippen LogP contribution >= 0.6 is 8.60 Å². The van der Waals surface area contributed by atoms with E-state index in [0.717, 1.165) is 23.7 Å². The van der Waals surface area contributed by atoms with Crippen LogP contribution in [0, 0.1) is 13.8 Å². The van der Waals surface area contributed by atoms with E-state index < -0.39 is 8.60 Å². The molecule has 0 bridgehead atoms. The average Bonchev–Trinajstić information content (AvgIpc) is 2.82. The van der Waals surface area contributed by atoms with Crippen LogP contribution in [0.4, 0.5) is 0 Å². The van der Waals surface area contributed by atoms with E-state index in [9.17, 15) is 0 Å².